The lowest BCUT2D eigenvalue weighted by Crippen LogP contribution is -2.25. The Morgan fingerprint density at radius 1 is 0.462 bits per heavy atom. The molecule has 0 atom stereocenters. The van der Waals surface area contributed by atoms with E-state index in [2.05, 4.69) is 84.9 Å². The van der Waals surface area contributed by atoms with E-state index in [1.807, 2.05) is 6.07 Å². The third-order valence-electron chi connectivity index (χ3n) is 6.02. The Labute approximate surface area is 152 Å². The highest BCUT2D eigenvalue weighted by Gasteiger charge is 2.51. The molecule has 0 unspecified atom stereocenters. The van der Waals surface area contributed by atoms with Crippen molar-refractivity contribution in [3.8, 4) is 22.3 Å². The summed E-state index contributed by atoms with van der Waals surface area (Å²) in [6.07, 6.45) is 0. The normalized spacial score (nSPS) is 14.6. The van der Waals surface area contributed by atoms with Crippen molar-refractivity contribution in [2.24, 2.45) is 0 Å². The molecule has 2 aliphatic rings. The van der Waals surface area contributed by atoms with Gasteiger partial charge in [0.05, 0.1) is 5.41 Å². The molecule has 26 heavy (non-hydrogen) atoms. The number of rotatable bonds is 0. The first-order valence-electron chi connectivity index (χ1n) is 9.01. The van der Waals surface area contributed by atoms with Crippen LogP contribution in [0.1, 0.15) is 22.3 Å². The summed E-state index contributed by atoms with van der Waals surface area (Å²) in [4.78, 5) is 0. The van der Waals surface area contributed by atoms with Crippen molar-refractivity contribution in [1.29, 1.82) is 0 Å². The summed E-state index contributed by atoms with van der Waals surface area (Å²) < 4.78 is 0. The predicted octanol–water partition coefficient (Wildman–Crippen LogP) is 5.61. The van der Waals surface area contributed by atoms with E-state index >= 15 is 0 Å². The van der Waals surface area contributed by atoms with E-state index in [1.54, 1.807) is 0 Å². The molecule has 6 rings (SSSR count). The number of hydrogen-bond acceptors (Lipinski definition) is 1. The van der Waals surface area contributed by atoms with Crippen LogP contribution in [0.5, 0.6) is 0 Å². The van der Waals surface area contributed by atoms with E-state index in [1.165, 1.54) is 44.5 Å². The number of fused-ring (bicyclic) bond motifs is 10. The molecule has 122 valence electrons. The lowest BCUT2D eigenvalue weighted by atomic mass is 9.70. The van der Waals surface area contributed by atoms with Gasteiger partial charge in [0, 0.05) is 5.69 Å². The largest absolute Gasteiger partial charge is 0.399 e. The van der Waals surface area contributed by atoms with Crippen LogP contribution >= 0.6 is 0 Å². The molecule has 0 saturated heterocycles. The Balaban J connectivity index is 1.87. The third kappa shape index (κ3) is 1.44. The van der Waals surface area contributed by atoms with E-state index in [9.17, 15) is 0 Å². The van der Waals surface area contributed by atoms with Crippen molar-refractivity contribution in [2.75, 3.05) is 5.73 Å². The summed E-state index contributed by atoms with van der Waals surface area (Å²) in [6.45, 7) is 0. The molecule has 0 aliphatic heterocycles. The van der Waals surface area contributed by atoms with Gasteiger partial charge >= 0.3 is 0 Å². The highest BCUT2D eigenvalue weighted by Crippen LogP contribution is 2.62. The molecular formula is C25H17N. The van der Waals surface area contributed by atoms with Crippen molar-refractivity contribution >= 4 is 5.69 Å². The summed E-state index contributed by atoms with van der Waals surface area (Å²) in [7, 11) is 0. The van der Waals surface area contributed by atoms with E-state index in [4.69, 9.17) is 5.73 Å². The van der Waals surface area contributed by atoms with Gasteiger partial charge in [0.2, 0.25) is 0 Å². The average Bonchev–Trinajstić information content (AvgIpc) is 3.15. The number of nitrogen functional groups attached to an aromatic ring is 1. The molecule has 0 saturated carbocycles. The Morgan fingerprint density at radius 2 is 0.885 bits per heavy atom. The maximum Gasteiger partial charge on any atom is 0.0725 e. The minimum Gasteiger partial charge on any atom is -0.399 e. The van der Waals surface area contributed by atoms with Gasteiger partial charge in [0.25, 0.3) is 0 Å². The molecule has 0 amide bonds. The number of anilines is 1. The smallest absolute Gasteiger partial charge is 0.0725 e. The Morgan fingerprint density at radius 3 is 1.42 bits per heavy atom. The van der Waals surface area contributed by atoms with E-state index in [0.717, 1.165) is 5.69 Å². The van der Waals surface area contributed by atoms with Gasteiger partial charge in [-0.25, -0.2) is 0 Å². The van der Waals surface area contributed by atoms with Gasteiger partial charge in [-0.3, -0.25) is 0 Å². The molecule has 0 fully saturated rings. The summed E-state index contributed by atoms with van der Waals surface area (Å²) in [5.41, 5.74) is 17.4. The minimum atomic E-state index is -0.243. The highest BCUT2D eigenvalue weighted by molar-refractivity contribution is 5.95. The van der Waals surface area contributed by atoms with Gasteiger partial charge in [0.15, 0.2) is 0 Å². The van der Waals surface area contributed by atoms with Crippen LogP contribution in [0.3, 0.4) is 0 Å². The van der Waals surface area contributed by atoms with Crippen molar-refractivity contribution < 1.29 is 0 Å². The molecule has 2 N–H and O–H groups in total. The molecule has 1 spiro atoms. The van der Waals surface area contributed by atoms with Crippen LogP contribution in [0, 0.1) is 0 Å². The lowest BCUT2D eigenvalue weighted by molar-refractivity contribution is 0.794. The topological polar surface area (TPSA) is 26.0 Å². The van der Waals surface area contributed by atoms with Gasteiger partial charge in [-0.05, 0) is 56.6 Å². The SMILES string of the molecule is Nc1ccc2c(c1)-c1ccccc1C21c2ccccc2-c2ccccc21. The second-order valence-electron chi connectivity index (χ2n) is 7.19. The first kappa shape index (κ1) is 13.9. The predicted molar refractivity (Wildman–Crippen MR) is 107 cm³/mol. The van der Waals surface area contributed by atoms with Crippen LogP contribution in [0.4, 0.5) is 5.69 Å². The van der Waals surface area contributed by atoms with Crippen molar-refractivity contribution in [2.45, 2.75) is 5.41 Å². The fraction of sp³-hybridized carbons (Fsp3) is 0.0400. The second kappa shape index (κ2) is 4.64. The van der Waals surface area contributed by atoms with Crippen LogP contribution in [-0.4, -0.2) is 0 Å². The number of hydrogen-bond donors (Lipinski definition) is 1. The minimum absolute atomic E-state index is 0.243. The molecule has 4 aromatic rings. The van der Waals surface area contributed by atoms with Crippen LogP contribution in [-0.2, 0) is 5.41 Å². The molecule has 0 bridgehead atoms. The summed E-state index contributed by atoms with van der Waals surface area (Å²) in [6, 6.07) is 32.9. The Hall–Kier alpha value is -3.32. The van der Waals surface area contributed by atoms with Crippen molar-refractivity contribution in [3.63, 3.8) is 0 Å². The molecule has 2 aliphatic carbocycles. The van der Waals surface area contributed by atoms with Gasteiger partial charge in [-0.2, -0.15) is 0 Å². The van der Waals surface area contributed by atoms with E-state index in [-0.39, 0.29) is 5.41 Å². The molecular weight excluding hydrogens is 314 g/mol. The molecule has 0 heterocycles. The summed E-state index contributed by atoms with van der Waals surface area (Å²) in [5, 5.41) is 0. The monoisotopic (exact) mass is 331 g/mol. The zero-order chi connectivity index (χ0) is 17.3. The van der Waals surface area contributed by atoms with Gasteiger partial charge in [-0.1, -0.05) is 78.9 Å². The van der Waals surface area contributed by atoms with Crippen LogP contribution in [0.25, 0.3) is 22.3 Å². The average molecular weight is 331 g/mol. The summed E-state index contributed by atoms with van der Waals surface area (Å²) in [5.74, 6) is 0. The molecule has 4 aromatic carbocycles. The number of benzene rings is 4. The van der Waals surface area contributed by atoms with Crippen molar-refractivity contribution in [3.05, 3.63) is 113 Å². The Bertz CT molecular complexity index is 1160. The van der Waals surface area contributed by atoms with Crippen LogP contribution in [0.15, 0.2) is 91.0 Å². The zero-order valence-corrected chi connectivity index (χ0v) is 14.2. The van der Waals surface area contributed by atoms with Crippen LogP contribution < -0.4 is 5.73 Å². The maximum atomic E-state index is 6.16. The molecule has 0 radical (unpaired) electrons. The fourth-order valence-electron chi connectivity index (χ4n) is 5.12. The van der Waals surface area contributed by atoms with Gasteiger partial charge in [0.1, 0.15) is 0 Å². The van der Waals surface area contributed by atoms with E-state index in [0.29, 0.717) is 0 Å². The van der Waals surface area contributed by atoms with Crippen LogP contribution in [0.2, 0.25) is 0 Å². The standard InChI is InChI=1S/C25H17N/c26-16-13-14-24-20(15-16)19-9-3-6-12-23(19)25(24)21-10-4-1-7-17(21)18-8-2-5-11-22(18)25/h1-15H,26H2. The molecule has 1 nitrogen and oxygen atoms in total. The maximum absolute atomic E-state index is 6.16. The first-order chi connectivity index (χ1) is 12.8. The van der Waals surface area contributed by atoms with Gasteiger partial charge in [-0.15, -0.1) is 0 Å². The van der Waals surface area contributed by atoms with E-state index < -0.39 is 0 Å². The third-order valence-corrected chi connectivity index (χ3v) is 6.02. The molecule has 1 heteroatoms. The highest BCUT2D eigenvalue weighted by atomic mass is 14.6. The summed E-state index contributed by atoms with van der Waals surface area (Å²) >= 11 is 0. The van der Waals surface area contributed by atoms with Crippen molar-refractivity contribution in [1.82, 2.24) is 0 Å². The first-order valence-corrected chi connectivity index (χ1v) is 9.01. The fourth-order valence-corrected chi connectivity index (χ4v) is 5.12. The van der Waals surface area contributed by atoms with Gasteiger partial charge < -0.3 is 5.73 Å². The quantitative estimate of drug-likeness (QED) is 0.360. The molecule has 0 aromatic heterocycles. The lowest BCUT2D eigenvalue weighted by Gasteiger charge is -2.30. The zero-order valence-electron chi connectivity index (χ0n) is 14.2. The second-order valence-corrected chi connectivity index (χ2v) is 7.19. The Kier molecular flexibility index (Phi) is 2.49. The number of nitrogens with two attached hydrogens (primary N) is 1.